The summed E-state index contributed by atoms with van der Waals surface area (Å²) in [5.74, 6) is -2.39. The van der Waals surface area contributed by atoms with E-state index in [1.54, 1.807) is 0 Å². The molecule has 2 saturated heterocycles. The normalized spacial score (nSPS) is 31.0. The zero-order valence-corrected chi connectivity index (χ0v) is 13.0. The first kappa shape index (κ1) is 15.5. The number of carbonyl (C=O) groups excluding carboxylic acids is 3. The fraction of sp³-hybridized carbons (Fsp3) is 0.438. The Morgan fingerprint density at radius 2 is 1.78 bits per heavy atom. The van der Waals surface area contributed by atoms with Crippen LogP contribution in [0.1, 0.15) is 5.56 Å². The zero-order valence-electron chi connectivity index (χ0n) is 13.0. The SMILES string of the molecule is CN1C(=O)C2C(O)C(Cc3ccccc3)C(=O)NC2N(C)C1=O. The van der Waals surface area contributed by atoms with E-state index in [1.165, 1.54) is 19.0 Å². The summed E-state index contributed by atoms with van der Waals surface area (Å²) in [7, 11) is 2.89. The third kappa shape index (κ3) is 2.46. The number of hydrogen-bond acceptors (Lipinski definition) is 4. The van der Waals surface area contributed by atoms with Crippen molar-refractivity contribution in [3.05, 3.63) is 35.9 Å². The number of rotatable bonds is 2. The van der Waals surface area contributed by atoms with Crippen LogP contribution in [-0.4, -0.2) is 59.1 Å². The largest absolute Gasteiger partial charge is 0.391 e. The summed E-state index contributed by atoms with van der Waals surface area (Å²) in [5, 5.41) is 13.4. The van der Waals surface area contributed by atoms with Gasteiger partial charge in [0.25, 0.3) is 0 Å². The molecular weight excluding hydrogens is 298 g/mol. The number of fused-ring (bicyclic) bond motifs is 1. The lowest BCUT2D eigenvalue weighted by atomic mass is 9.79. The monoisotopic (exact) mass is 317 g/mol. The number of urea groups is 1. The van der Waals surface area contributed by atoms with Crippen molar-refractivity contribution in [1.29, 1.82) is 0 Å². The second-order valence-electron chi connectivity index (χ2n) is 6.06. The molecule has 1 aromatic carbocycles. The van der Waals surface area contributed by atoms with Gasteiger partial charge in [0.15, 0.2) is 0 Å². The smallest absolute Gasteiger partial charge is 0.327 e. The third-order valence-corrected chi connectivity index (χ3v) is 4.67. The maximum absolute atomic E-state index is 12.4. The van der Waals surface area contributed by atoms with Gasteiger partial charge in [0, 0.05) is 14.1 Å². The van der Waals surface area contributed by atoms with Crippen LogP contribution >= 0.6 is 0 Å². The number of nitrogens with one attached hydrogen (secondary N) is 1. The van der Waals surface area contributed by atoms with Crippen LogP contribution < -0.4 is 5.32 Å². The summed E-state index contributed by atoms with van der Waals surface area (Å²) in [6.07, 6.45) is -1.61. The molecule has 0 bridgehead atoms. The van der Waals surface area contributed by atoms with E-state index in [1.807, 2.05) is 30.3 Å². The zero-order chi connectivity index (χ0) is 16.7. The Kier molecular flexibility index (Phi) is 3.81. The first-order valence-corrected chi connectivity index (χ1v) is 7.48. The van der Waals surface area contributed by atoms with Gasteiger partial charge in [-0.3, -0.25) is 14.5 Å². The highest BCUT2D eigenvalue weighted by molar-refractivity contribution is 6.00. The summed E-state index contributed by atoms with van der Waals surface area (Å²) < 4.78 is 0. The average Bonchev–Trinajstić information content (AvgIpc) is 2.55. The number of hydrogen-bond donors (Lipinski definition) is 2. The fourth-order valence-corrected chi connectivity index (χ4v) is 3.31. The highest BCUT2D eigenvalue weighted by Gasteiger charge is 2.53. The van der Waals surface area contributed by atoms with Crippen LogP contribution in [0.3, 0.4) is 0 Å². The molecule has 7 heteroatoms. The Morgan fingerprint density at radius 1 is 1.13 bits per heavy atom. The van der Waals surface area contributed by atoms with Gasteiger partial charge < -0.3 is 15.3 Å². The number of piperidine rings is 1. The van der Waals surface area contributed by atoms with Crippen LogP contribution in [0.4, 0.5) is 4.79 Å². The predicted molar refractivity (Wildman–Crippen MR) is 81.0 cm³/mol. The number of aliphatic hydroxyl groups is 1. The summed E-state index contributed by atoms with van der Waals surface area (Å²) in [5.41, 5.74) is 0.909. The van der Waals surface area contributed by atoms with Crippen molar-refractivity contribution in [3.8, 4) is 0 Å². The minimum Gasteiger partial charge on any atom is -0.391 e. The van der Waals surface area contributed by atoms with Gasteiger partial charge in [-0.05, 0) is 12.0 Å². The number of carbonyl (C=O) groups is 3. The lowest BCUT2D eigenvalue weighted by Crippen LogP contribution is -2.72. The van der Waals surface area contributed by atoms with Gasteiger partial charge in [0.2, 0.25) is 11.8 Å². The maximum atomic E-state index is 12.4. The number of nitrogens with zero attached hydrogens (tertiary/aromatic N) is 2. The van der Waals surface area contributed by atoms with E-state index in [9.17, 15) is 19.5 Å². The second kappa shape index (κ2) is 5.66. The molecule has 0 aliphatic carbocycles. The van der Waals surface area contributed by atoms with Crippen molar-refractivity contribution >= 4 is 17.8 Å². The van der Waals surface area contributed by atoms with Crippen LogP contribution in [0.5, 0.6) is 0 Å². The second-order valence-corrected chi connectivity index (χ2v) is 6.06. The molecule has 0 saturated carbocycles. The third-order valence-electron chi connectivity index (χ3n) is 4.67. The van der Waals surface area contributed by atoms with Gasteiger partial charge in [-0.1, -0.05) is 30.3 Å². The lowest BCUT2D eigenvalue weighted by Gasteiger charge is -2.48. The molecule has 3 rings (SSSR count). The van der Waals surface area contributed by atoms with Crippen LogP contribution in [0.25, 0.3) is 0 Å². The van der Waals surface area contributed by atoms with E-state index in [0.29, 0.717) is 6.42 Å². The van der Waals surface area contributed by atoms with Gasteiger partial charge in [-0.25, -0.2) is 4.79 Å². The summed E-state index contributed by atoms with van der Waals surface area (Å²) in [6, 6.07) is 8.84. The van der Waals surface area contributed by atoms with Gasteiger partial charge in [-0.2, -0.15) is 0 Å². The molecule has 2 aliphatic heterocycles. The topological polar surface area (TPSA) is 89.9 Å². The maximum Gasteiger partial charge on any atom is 0.327 e. The molecule has 0 radical (unpaired) electrons. The Morgan fingerprint density at radius 3 is 2.43 bits per heavy atom. The molecule has 7 nitrogen and oxygen atoms in total. The van der Waals surface area contributed by atoms with Gasteiger partial charge >= 0.3 is 6.03 Å². The molecule has 1 aromatic rings. The number of benzene rings is 1. The minimum absolute atomic E-state index is 0.339. The van der Waals surface area contributed by atoms with Crippen LogP contribution in [-0.2, 0) is 16.0 Å². The van der Waals surface area contributed by atoms with Crippen LogP contribution in [0.15, 0.2) is 30.3 Å². The molecule has 4 amide bonds. The van der Waals surface area contributed by atoms with Crippen molar-refractivity contribution in [2.75, 3.05) is 14.1 Å². The summed E-state index contributed by atoms with van der Waals surface area (Å²) in [4.78, 5) is 39.0. The van der Waals surface area contributed by atoms with E-state index >= 15 is 0 Å². The first-order valence-electron chi connectivity index (χ1n) is 7.48. The molecule has 0 aromatic heterocycles. The van der Waals surface area contributed by atoms with E-state index in [0.717, 1.165) is 10.5 Å². The Bertz CT molecular complexity index is 648. The van der Waals surface area contributed by atoms with E-state index < -0.39 is 36.0 Å². The van der Waals surface area contributed by atoms with Crippen molar-refractivity contribution < 1.29 is 19.5 Å². The molecule has 4 atom stereocenters. The molecule has 0 spiro atoms. The number of aliphatic hydroxyl groups excluding tert-OH is 1. The van der Waals surface area contributed by atoms with Crippen LogP contribution in [0, 0.1) is 11.8 Å². The van der Waals surface area contributed by atoms with Crippen molar-refractivity contribution in [2.24, 2.45) is 11.8 Å². The average molecular weight is 317 g/mol. The Hall–Kier alpha value is -2.41. The molecular formula is C16H19N3O4. The molecule has 2 aliphatic rings. The first-order chi connectivity index (χ1) is 10.9. The Labute approximate surface area is 133 Å². The quantitative estimate of drug-likeness (QED) is 0.790. The van der Waals surface area contributed by atoms with Crippen molar-refractivity contribution in [3.63, 3.8) is 0 Å². The predicted octanol–water partition coefficient (Wildman–Crippen LogP) is -0.198. The van der Waals surface area contributed by atoms with Gasteiger partial charge in [-0.15, -0.1) is 0 Å². The molecule has 4 unspecified atom stereocenters. The van der Waals surface area contributed by atoms with Crippen molar-refractivity contribution in [1.82, 2.24) is 15.1 Å². The van der Waals surface area contributed by atoms with E-state index in [4.69, 9.17) is 0 Å². The fourth-order valence-electron chi connectivity index (χ4n) is 3.31. The molecule has 23 heavy (non-hydrogen) atoms. The Balaban J connectivity index is 1.88. The molecule has 122 valence electrons. The summed E-state index contributed by atoms with van der Waals surface area (Å²) >= 11 is 0. The van der Waals surface area contributed by atoms with Crippen molar-refractivity contribution in [2.45, 2.75) is 18.7 Å². The highest BCUT2D eigenvalue weighted by atomic mass is 16.3. The minimum atomic E-state index is -1.14. The van der Waals surface area contributed by atoms with E-state index in [2.05, 4.69) is 5.32 Å². The highest BCUT2D eigenvalue weighted by Crippen LogP contribution is 2.31. The molecule has 2 heterocycles. The number of amides is 4. The lowest BCUT2D eigenvalue weighted by molar-refractivity contribution is -0.157. The number of imide groups is 1. The molecule has 2 N–H and O–H groups in total. The van der Waals surface area contributed by atoms with Gasteiger partial charge in [0.05, 0.1) is 12.0 Å². The standard InChI is InChI=1S/C16H19N3O4/c1-18-13-11(15(22)19(2)16(18)23)12(20)10(14(21)17-13)8-9-6-4-3-5-7-9/h3-7,10-13,20H,8H2,1-2H3,(H,17,21). The van der Waals surface area contributed by atoms with E-state index in [-0.39, 0.29) is 5.91 Å². The van der Waals surface area contributed by atoms with Gasteiger partial charge in [0.1, 0.15) is 12.1 Å². The summed E-state index contributed by atoms with van der Waals surface area (Å²) in [6.45, 7) is 0. The van der Waals surface area contributed by atoms with Crippen LogP contribution in [0.2, 0.25) is 0 Å². The molecule has 2 fully saturated rings.